The highest BCUT2D eigenvalue weighted by atomic mass is 35.5. The zero-order valence-electron chi connectivity index (χ0n) is 18.1. The molecule has 0 unspecified atom stereocenters. The average Bonchev–Trinajstić information content (AvgIpc) is 3.32. The topological polar surface area (TPSA) is 75.9 Å². The number of ether oxygens (including phenoxy) is 1. The Morgan fingerprint density at radius 1 is 1.11 bits per heavy atom. The van der Waals surface area contributed by atoms with Crippen molar-refractivity contribution in [3.05, 3.63) is 80.8 Å². The second-order valence-corrected chi connectivity index (χ2v) is 9.18. The molecule has 186 valence electrons. The molecule has 0 bridgehead atoms. The number of hydrogen-bond donors (Lipinski definition) is 1. The van der Waals surface area contributed by atoms with Crippen LogP contribution in [0.25, 0.3) is 0 Å². The van der Waals surface area contributed by atoms with E-state index in [9.17, 15) is 22.8 Å². The third-order valence-electron chi connectivity index (χ3n) is 4.90. The first-order valence-corrected chi connectivity index (χ1v) is 11.9. The number of nitrogens with zero attached hydrogens (tertiary/aromatic N) is 2. The number of benzene rings is 2. The largest absolute Gasteiger partial charge is 0.573 e. The first-order valence-electron chi connectivity index (χ1n) is 10.2. The molecule has 2 aromatic rings. The first kappa shape index (κ1) is 26.8. The summed E-state index contributed by atoms with van der Waals surface area (Å²) >= 11 is 13.0. The maximum Gasteiger partial charge on any atom is 0.573 e. The summed E-state index contributed by atoms with van der Waals surface area (Å²) in [6.45, 7) is 5.13. The lowest BCUT2D eigenvalue weighted by atomic mass is 10.2. The van der Waals surface area contributed by atoms with Gasteiger partial charge in [-0.25, -0.2) is 0 Å². The highest BCUT2D eigenvalue weighted by Crippen LogP contribution is 2.33. The van der Waals surface area contributed by atoms with Crippen LogP contribution in [0.2, 0.25) is 10.0 Å². The lowest BCUT2D eigenvalue weighted by molar-refractivity contribution is -0.274. The molecule has 0 spiro atoms. The van der Waals surface area contributed by atoms with Crippen LogP contribution in [0.4, 0.5) is 18.9 Å². The number of nitrogens with two attached hydrogens (primary N) is 1. The van der Waals surface area contributed by atoms with Crippen molar-refractivity contribution in [3.8, 4) is 5.75 Å². The van der Waals surface area contributed by atoms with Crippen LogP contribution in [-0.4, -0.2) is 36.2 Å². The van der Waals surface area contributed by atoms with Gasteiger partial charge in [-0.05, 0) is 55.3 Å². The van der Waals surface area contributed by atoms with Gasteiger partial charge in [-0.1, -0.05) is 41.5 Å². The number of halogens is 5. The molecule has 0 saturated carbocycles. The van der Waals surface area contributed by atoms with E-state index in [4.69, 9.17) is 28.9 Å². The Morgan fingerprint density at radius 3 is 2.31 bits per heavy atom. The smallest absolute Gasteiger partial charge is 0.406 e. The van der Waals surface area contributed by atoms with E-state index in [1.54, 1.807) is 4.90 Å². The normalized spacial score (nSPS) is 14.1. The van der Waals surface area contributed by atoms with Crippen molar-refractivity contribution in [1.29, 1.82) is 0 Å². The monoisotopic (exact) mass is 545 g/mol. The SMILES string of the molecule is C=C(S/C=C(\N)C(=O)N1CCCC1)N(C(=O)c1ccc(Cl)cc1Cl)c1ccc(OC(F)(F)F)cc1. The predicted molar refractivity (Wildman–Crippen MR) is 131 cm³/mol. The van der Waals surface area contributed by atoms with E-state index >= 15 is 0 Å². The number of carbonyl (C=O) groups is 2. The Labute approximate surface area is 214 Å². The minimum Gasteiger partial charge on any atom is -0.406 e. The molecule has 2 aromatic carbocycles. The fourth-order valence-corrected chi connectivity index (χ4v) is 4.44. The van der Waals surface area contributed by atoms with E-state index < -0.39 is 18.0 Å². The summed E-state index contributed by atoms with van der Waals surface area (Å²) in [5.74, 6) is -1.40. The molecule has 6 nitrogen and oxygen atoms in total. The van der Waals surface area contributed by atoms with Crippen LogP contribution >= 0.6 is 35.0 Å². The molecule has 12 heteroatoms. The van der Waals surface area contributed by atoms with E-state index in [0.29, 0.717) is 18.1 Å². The second kappa shape index (κ2) is 11.3. The van der Waals surface area contributed by atoms with Gasteiger partial charge in [0, 0.05) is 29.2 Å². The number of alkyl halides is 3. The van der Waals surface area contributed by atoms with E-state index in [-0.39, 0.29) is 32.9 Å². The van der Waals surface area contributed by atoms with Crippen LogP contribution in [0, 0.1) is 0 Å². The molecule has 1 aliphatic rings. The highest BCUT2D eigenvalue weighted by Gasteiger charge is 2.31. The van der Waals surface area contributed by atoms with E-state index in [1.165, 1.54) is 35.7 Å². The van der Waals surface area contributed by atoms with Crippen molar-refractivity contribution in [2.45, 2.75) is 19.2 Å². The summed E-state index contributed by atoms with van der Waals surface area (Å²) in [6.07, 6.45) is -3.06. The summed E-state index contributed by atoms with van der Waals surface area (Å²) in [4.78, 5) is 28.6. The highest BCUT2D eigenvalue weighted by molar-refractivity contribution is 8.06. The Bertz CT molecular complexity index is 1150. The molecule has 35 heavy (non-hydrogen) atoms. The van der Waals surface area contributed by atoms with Crippen molar-refractivity contribution < 1.29 is 27.5 Å². The molecule has 0 aliphatic carbocycles. The van der Waals surface area contributed by atoms with Crippen molar-refractivity contribution in [1.82, 2.24) is 4.90 Å². The zero-order valence-corrected chi connectivity index (χ0v) is 20.5. The van der Waals surface area contributed by atoms with Gasteiger partial charge in [-0.2, -0.15) is 0 Å². The molecule has 3 rings (SSSR count). The summed E-state index contributed by atoms with van der Waals surface area (Å²) < 4.78 is 41.5. The number of hydrogen-bond acceptors (Lipinski definition) is 5. The van der Waals surface area contributed by atoms with Crippen molar-refractivity contribution in [3.63, 3.8) is 0 Å². The molecule has 2 N–H and O–H groups in total. The summed E-state index contributed by atoms with van der Waals surface area (Å²) in [5, 5.41) is 1.88. The van der Waals surface area contributed by atoms with Gasteiger partial charge in [0.25, 0.3) is 11.8 Å². The van der Waals surface area contributed by atoms with Crippen molar-refractivity contribution in [2.24, 2.45) is 5.73 Å². The van der Waals surface area contributed by atoms with Gasteiger partial charge in [0.1, 0.15) is 11.4 Å². The standard InChI is InChI=1S/C23H20Cl2F3N3O3S/c1-14(35-13-20(29)22(33)30-10-2-3-11-30)31(21(32)18-9-4-15(24)12-19(18)25)16-5-7-17(8-6-16)34-23(26,27)28/h4-9,12-13H,1-3,10-11,29H2/b20-13-. The Morgan fingerprint density at radius 2 is 1.74 bits per heavy atom. The lowest BCUT2D eigenvalue weighted by Gasteiger charge is -2.25. The van der Waals surface area contributed by atoms with Crippen LogP contribution in [0.3, 0.4) is 0 Å². The quantitative estimate of drug-likeness (QED) is 0.421. The van der Waals surface area contributed by atoms with Gasteiger partial charge in [0.15, 0.2) is 0 Å². The average molecular weight is 546 g/mol. The molecular formula is C23H20Cl2F3N3O3S. The van der Waals surface area contributed by atoms with Gasteiger partial charge >= 0.3 is 6.36 Å². The summed E-state index contributed by atoms with van der Waals surface area (Å²) in [6, 6.07) is 8.92. The maximum atomic E-state index is 13.4. The minimum absolute atomic E-state index is 0.0242. The number of likely N-dealkylation sites (tertiary alicyclic amines) is 1. The molecule has 0 atom stereocenters. The second-order valence-electron chi connectivity index (χ2n) is 7.39. The van der Waals surface area contributed by atoms with Crippen molar-refractivity contribution >= 4 is 52.5 Å². The van der Waals surface area contributed by atoms with Crippen LogP contribution in [0.1, 0.15) is 23.2 Å². The van der Waals surface area contributed by atoms with Gasteiger partial charge in [0.05, 0.1) is 15.6 Å². The number of thioether (sulfide) groups is 1. The Kier molecular flexibility index (Phi) is 8.63. The van der Waals surface area contributed by atoms with Crippen LogP contribution in [-0.2, 0) is 4.79 Å². The summed E-state index contributed by atoms with van der Waals surface area (Å²) in [5.41, 5.74) is 6.18. The van der Waals surface area contributed by atoms with E-state index in [2.05, 4.69) is 11.3 Å². The van der Waals surface area contributed by atoms with E-state index in [1.807, 2.05) is 0 Å². The Balaban J connectivity index is 1.89. The predicted octanol–water partition coefficient (Wildman–Crippen LogP) is 6.17. The summed E-state index contributed by atoms with van der Waals surface area (Å²) in [7, 11) is 0. The minimum atomic E-state index is -4.86. The molecule has 1 heterocycles. The molecule has 1 aliphatic heterocycles. The first-order chi connectivity index (χ1) is 16.5. The third kappa shape index (κ3) is 7.09. The van der Waals surface area contributed by atoms with Crippen molar-refractivity contribution in [2.75, 3.05) is 18.0 Å². The molecule has 2 amide bonds. The van der Waals surface area contributed by atoms with Gasteiger partial charge < -0.3 is 15.4 Å². The van der Waals surface area contributed by atoms with E-state index in [0.717, 1.165) is 41.6 Å². The number of amides is 2. The Hall–Kier alpha value is -2.82. The number of rotatable bonds is 7. The molecule has 1 saturated heterocycles. The fraction of sp³-hybridized carbons (Fsp3) is 0.217. The van der Waals surface area contributed by atoms with Crippen LogP contribution < -0.4 is 15.4 Å². The van der Waals surface area contributed by atoms with Crippen LogP contribution in [0.15, 0.2) is 65.2 Å². The molecule has 0 radical (unpaired) electrons. The fourth-order valence-electron chi connectivity index (χ4n) is 3.29. The number of carbonyl (C=O) groups excluding carboxylic acids is 2. The maximum absolute atomic E-state index is 13.4. The molecule has 0 aromatic heterocycles. The van der Waals surface area contributed by atoms with Gasteiger partial charge in [-0.3, -0.25) is 14.5 Å². The molecule has 1 fully saturated rings. The molecular weight excluding hydrogens is 526 g/mol. The van der Waals surface area contributed by atoms with Gasteiger partial charge in [-0.15, -0.1) is 13.2 Å². The van der Waals surface area contributed by atoms with Crippen LogP contribution in [0.5, 0.6) is 5.75 Å². The third-order valence-corrected chi connectivity index (χ3v) is 6.28. The zero-order chi connectivity index (χ0) is 25.8. The van der Waals surface area contributed by atoms with Gasteiger partial charge in [0.2, 0.25) is 0 Å². The number of anilines is 1. The lowest BCUT2D eigenvalue weighted by Crippen LogP contribution is -2.32.